The molecular formula is C14H16FN3O2S. The zero-order valence-corrected chi connectivity index (χ0v) is 12.3. The van der Waals surface area contributed by atoms with Crippen LogP contribution >= 0.6 is 0 Å². The summed E-state index contributed by atoms with van der Waals surface area (Å²) in [4.78, 5) is 3.85. The van der Waals surface area contributed by atoms with Gasteiger partial charge >= 0.3 is 0 Å². The fourth-order valence-corrected chi connectivity index (χ4v) is 2.84. The second-order valence-corrected chi connectivity index (χ2v) is 6.06. The lowest BCUT2D eigenvalue weighted by Crippen LogP contribution is -2.16. The van der Waals surface area contributed by atoms with Crippen LogP contribution in [0.2, 0.25) is 0 Å². The maximum absolute atomic E-state index is 13.6. The van der Waals surface area contributed by atoms with E-state index in [-0.39, 0.29) is 11.4 Å². The lowest BCUT2D eigenvalue weighted by molar-refractivity contribution is 0.587. The molecule has 0 spiro atoms. The Morgan fingerprint density at radius 1 is 1.29 bits per heavy atom. The van der Waals surface area contributed by atoms with Gasteiger partial charge in [0, 0.05) is 18.3 Å². The zero-order valence-electron chi connectivity index (χ0n) is 11.5. The van der Waals surface area contributed by atoms with Gasteiger partial charge in [0.15, 0.2) is 0 Å². The second kappa shape index (κ2) is 6.64. The molecule has 2 rings (SSSR count). The quantitative estimate of drug-likeness (QED) is 0.857. The van der Waals surface area contributed by atoms with Gasteiger partial charge in [0.25, 0.3) is 10.0 Å². The van der Waals surface area contributed by atoms with E-state index < -0.39 is 15.8 Å². The van der Waals surface area contributed by atoms with E-state index in [1.807, 2.05) is 6.92 Å². The lowest BCUT2D eigenvalue weighted by Gasteiger charge is -2.10. The Balaban J connectivity index is 2.27. The summed E-state index contributed by atoms with van der Waals surface area (Å²) >= 11 is 0. The van der Waals surface area contributed by atoms with Crippen molar-refractivity contribution in [3.05, 3.63) is 54.1 Å². The molecule has 21 heavy (non-hydrogen) atoms. The van der Waals surface area contributed by atoms with Gasteiger partial charge in [-0.2, -0.15) is 0 Å². The third-order valence-electron chi connectivity index (χ3n) is 2.81. The highest BCUT2D eigenvalue weighted by Crippen LogP contribution is 2.18. The Hall–Kier alpha value is -1.99. The normalized spacial score (nSPS) is 11.3. The van der Waals surface area contributed by atoms with E-state index >= 15 is 0 Å². The van der Waals surface area contributed by atoms with Crippen LogP contribution < -0.4 is 10.0 Å². The van der Waals surface area contributed by atoms with Crippen LogP contribution in [0.4, 0.5) is 10.1 Å². The number of anilines is 1. The molecule has 0 aliphatic rings. The molecule has 0 bridgehead atoms. The van der Waals surface area contributed by atoms with Crippen LogP contribution in [-0.4, -0.2) is 19.9 Å². The Kier molecular flexibility index (Phi) is 4.87. The van der Waals surface area contributed by atoms with Crippen LogP contribution in [0.5, 0.6) is 0 Å². The fourth-order valence-electron chi connectivity index (χ4n) is 1.75. The number of aromatic nitrogens is 1. The molecule has 0 saturated heterocycles. The third kappa shape index (κ3) is 3.99. The molecule has 112 valence electrons. The molecule has 1 aromatic carbocycles. The molecule has 0 aliphatic carbocycles. The van der Waals surface area contributed by atoms with Gasteiger partial charge in [-0.25, -0.2) is 12.8 Å². The van der Waals surface area contributed by atoms with Crippen molar-refractivity contribution in [2.45, 2.75) is 18.4 Å². The molecule has 0 fully saturated rings. The number of hydrogen-bond acceptors (Lipinski definition) is 4. The average Bonchev–Trinajstić information content (AvgIpc) is 2.47. The van der Waals surface area contributed by atoms with Crippen LogP contribution in [-0.2, 0) is 16.6 Å². The molecule has 1 aromatic heterocycles. The van der Waals surface area contributed by atoms with Gasteiger partial charge in [-0.15, -0.1) is 0 Å². The molecule has 2 aromatic rings. The van der Waals surface area contributed by atoms with E-state index in [0.29, 0.717) is 17.8 Å². The molecule has 7 heteroatoms. The number of nitrogens with zero attached hydrogens (tertiary/aromatic N) is 1. The maximum atomic E-state index is 13.6. The Morgan fingerprint density at radius 3 is 2.76 bits per heavy atom. The predicted molar refractivity (Wildman–Crippen MR) is 78.8 cm³/mol. The molecule has 5 nitrogen and oxygen atoms in total. The van der Waals surface area contributed by atoms with E-state index in [2.05, 4.69) is 15.0 Å². The SMILES string of the molecule is CCNCc1cc(S(=O)(=O)Nc2cccnc2)ccc1F. The van der Waals surface area contributed by atoms with Crippen molar-refractivity contribution < 1.29 is 12.8 Å². The van der Waals surface area contributed by atoms with E-state index in [9.17, 15) is 12.8 Å². The van der Waals surface area contributed by atoms with E-state index in [4.69, 9.17) is 0 Å². The number of sulfonamides is 1. The molecule has 0 aliphatic heterocycles. The summed E-state index contributed by atoms with van der Waals surface area (Å²) in [6.45, 7) is 2.84. The van der Waals surface area contributed by atoms with Crippen molar-refractivity contribution in [3.63, 3.8) is 0 Å². The summed E-state index contributed by atoms with van der Waals surface area (Å²) in [6, 6.07) is 6.94. The van der Waals surface area contributed by atoms with E-state index in [1.54, 1.807) is 18.3 Å². The Morgan fingerprint density at radius 2 is 2.10 bits per heavy atom. The number of nitrogens with one attached hydrogen (secondary N) is 2. The minimum Gasteiger partial charge on any atom is -0.313 e. The van der Waals surface area contributed by atoms with Gasteiger partial charge in [0.1, 0.15) is 5.82 Å². The zero-order chi connectivity index (χ0) is 15.3. The van der Waals surface area contributed by atoms with Crippen LogP contribution in [0.3, 0.4) is 0 Å². The van der Waals surface area contributed by atoms with Gasteiger partial charge in [0.05, 0.1) is 16.8 Å². The molecular weight excluding hydrogens is 293 g/mol. The molecule has 0 atom stereocenters. The minimum atomic E-state index is -3.76. The minimum absolute atomic E-state index is 0.0145. The third-order valence-corrected chi connectivity index (χ3v) is 4.19. The molecule has 0 amide bonds. The van der Waals surface area contributed by atoms with Crippen molar-refractivity contribution >= 4 is 15.7 Å². The van der Waals surface area contributed by atoms with Gasteiger partial charge in [-0.1, -0.05) is 6.92 Å². The standard InChI is InChI=1S/C14H16FN3O2S/c1-2-16-9-11-8-13(5-6-14(11)15)21(19,20)18-12-4-3-7-17-10-12/h3-8,10,16,18H,2,9H2,1H3. The highest BCUT2D eigenvalue weighted by molar-refractivity contribution is 7.92. The highest BCUT2D eigenvalue weighted by atomic mass is 32.2. The number of halogens is 1. The Labute approximate surface area is 123 Å². The lowest BCUT2D eigenvalue weighted by atomic mass is 10.2. The molecule has 0 saturated carbocycles. The maximum Gasteiger partial charge on any atom is 0.261 e. The van der Waals surface area contributed by atoms with Crippen LogP contribution in [0.25, 0.3) is 0 Å². The van der Waals surface area contributed by atoms with Crippen molar-refractivity contribution in [2.24, 2.45) is 0 Å². The molecule has 2 N–H and O–H groups in total. The summed E-state index contributed by atoms with van der Waals surface area (Å²) in [6.07, 6.45) is 2.95. The first kappa shape index (κ1) is 15.4. The van der Waals surface area contributed by atoms with Gasteiger partial charge in [-0.05, 0) is 36.9 Å². The number of rotatable bonds is 6. The Bertz CT molecular complexity index is 705. The molecule has 0 unspecified atom stereocenters. The number of benzene rings is 1. The van der Waals surface area contributed by atoms with Crippen LogP contribution in [0.1, 0.15) is 12.5 Å². The van der Waals surface area contributed by atoms with E-state index in [0.717, 1.165) is 6.07 Å². The first-order valence-corrected chi connectivity index (χ1v) is 7.93. The largest absolute Gasteiger partial charge is 0.313 e. The van der Waals surface area contributed by atoms with Crippen LogP contribution in [0, 0.1) is 5.82 Å². The summed E-state index contributed by atoms with van der Waals surface area (Å²) in [5.74, 6) is -0.434. The smallest absolute Gasteiger partial charge is 0.261 e. The van der Waals surface area contributed by atoms with Crippen molar-refractivity contribution in [2.75, 3.05) is 11.3 Å². The average molecular weight is 309 g/mol. The molecule has 1 heterocycles. The highest BCUT2D eigenvalue weighted by Gasteiger charge is 2.16. The van der Waals surface area contributed by atoms with Gasteiger partial charge in [0.2, 0.25) is 0 Å². The topological polar surface area (TPSA) is 71.1 Å². The van der Waals surface area contributed by atoms with Gasteiger partial charge < -0.3 is 5.32 Å². The first-order valence-electron chi connectivity index (χ1n) is 6.45. The van der Waals surface area contributed by atoms with E-state index in [1.165, 1.54) is 18.3 Å². The second-order valence-electron chi connectivity index (χ2n) is 4.38. The van der Waals surface area contributed by atoms with Gasteiger partial charge in [-0.3, -0.25) is 9.71 Å². The summed E-state index contributed by atoms with van der Waals surface area (Å²) < 4.78 is 40.6. The molecule has 0 radical (unpaired) electrons. The number of pyridine rings is 1. The van der Waals surface area contributed by atoms with Crippen molar-refractivity contribution in [3.8, 4) is 0 Å². The van der Waals surface area contributed by atoms with Crippen LogP contribution in [0.15, 0.2) is 47.6 Å². The predicted octanol–water partition coefficient (Wildman–Crippen LogP) is 2.13. The summed E-state index contributed by atoms with van der Waals surface area (Å²) in [7, 11) is -3.76. The fraction of sp³-hybridized carbons (Fsp3) is 0.214. The number of hydrogen-bond donors (Lipinski definition) is 2. The van der Waals surface area contributed by atoms with Crippen molar-refractivity contribution in [1.82, 2.24) is 10.3 Å². The monoisotopic (exact) mass is 309 g/mol. The van der Waals surface area contributed by atoms with Crippen molar-refractivity contribution in [1.29, 1.82) is 0 Å². The summed E-state index contributed by atoms with van der Waals surface area (Å²) in [5.41, 5.74) is 0.668. The summed E-state index contributed by atoms with van der Waals surface area (Å²) in [5, 5.41) is 2.97. The first-order chi connectivity index (χ1) is 10.0.